The molecule has 0 bridgehead atoms. The third kappa shape index (κ3) is 7.30. The molecule has 1 N–H and O–H groups in total. The van der Waals surface area contributed by atoms with Gasteiger partial charge in [0.05, 0.1) is 12.8 Å². The average Bonchev–Trinajstić information content (AvgIpc) is 3.50. The lowest BCUT2D eigenvalue weighted by Crippen LogP contribution is -2.50. The largest absolute Gasteiger partial charge is 0.497 e. The number of nitrogens with zero attached hydrogens (tertiary/aromatic N) is 4. The number of benzene rings is 2. The molecule has 0 radical (unpaired) electrons. The van der Waals surface area contributed by atoms with Crippen molar-refractivity contribution >= 4 is 29.1 Å². The molecule has 2 aromatic heterocycles. The Morgan fingerprint density at radius 3 is 2.64 bits per heavy atom. The molecule has 0 unspecified atom stereocenters. The highest BCUT2D eigenvalue weighted by atomic mass is 16.6. The van der Waals surface area contributed by atoms with Crippen molar-refractivity contribution < 1.29 is 19.1 Å². The van der Waals surface area contributed by atoms with Crippen LogP contribution in [0.3, 0.4) is 0 Å². The van der Waals surface area contributed by atoms with Crippen molar-refractivity contribution in [1.82, 2.24) is 24.3 Å². The zero-order chi connectivity index (χ0) is 32.3. The SMILES string of the molecule is C=C(/C=C\n1c(C)nc(-c2cc3ccccc3n2Cc2cccc(OC)c2)c1C)C(=O)N1CCC[C@@H](NC(=O)OC(C)(C)C)C1. The van der Waals surface area contributed by atoms with Gasteiger partial charge in [-0.05, 0) is 83.4 Å². The van der Waals surface area contributed by atoms with Crippen molar-refractivity contribution in [2.75, 3.05) is 20.2 Å². The minimum atomic E-state index is -0.580. The number of imidazole rings is 1. The number of ether oxygens (including phenoxy) is 2. The highest BCUT2D eigenvalue weighted by Gasteiger charge is 2.27. The quantitative estimate of drug-likeness (QED) is 0.177. The summed E-state index contributed by atoms with van der Waals surface area (Å²) in [5, 5.41) is 4.04. The molecular weight excluding hydrogens is 566 g/mol. The number of piperidine rings is 1. The Kier molecular flexibility index (Phi) is 9.18. The molecule has 1 saturated heterocycles. The Balaban J connectivity index is 1.35. The van der Waals surface area contributed by atoms with Crippen LogP contribution >= 0.6 is 0 Å². The van der Waals surface area contributed by atoms with Gasteiger partial charge in [0.2, 0.25) is 0 Å². The van der Waals surface area contributed by atoms with Gasteiger partial charge in [0.15, 0.2) is 0 Å². The highest BCUT2D eigenvalue weighted by Crippen LogP contribution is 2.32. The second kappa shape index (κ2) is 13.1. The molecule has 9 nitrogen and oxygen atoms in total. The number of alkyl carbamates (subject to hydrolysis) is 1. The van der Waals surface area contributed by atoms with Gasteiger partial charge >= 0.3 is 6.09 Å². The molecule has 45 heavy (non-hydrogen) atoms. The molecule has 236 valence electrons. The molecule has 0 saturated carbocycles. The first-order valence-electron chi connectivity index (χ1n) is 15.4. The summed E-state index contributed by atoms with van der Waals surface area (Å²) in [7, 11) is 1.68. The number of nitrogens with one attached hydrogen (secondary N) is 1. The zero-order valence-electron chi connectivity index (χ0n) is 27.1. The maximum Gasteiger partial charge on any atom is 0.407 e. The van der Waals surface area contributed by atoms with E-state index in [-0.39, 0.29) is 11.9 Å². The van der Waals surface area contributed by atoms with E-state index in [1.807, 2.05) is 63.6 Å². The van der Waals surface area contributed by atoms with E-state index in [1.165, 1.54) is 0 Å². The summed E-state index contributed by atoms with van der Waals surface area (Å²) in [6.45, 7) is 15.2. The Hall–Kier alpha value is -4.79. The van der Waals surface area contributed by atoms with Gasteiger partial charge in [-0.1, -0.05) is 36.9 Å². The summed E-state index contributed by atoms with van der Waals surface area (Å²) in [4.78, 5) is 32.3. The molecule has 1 aliphatic rings. The number of hydrogen-bond donors (Lipinski definition) is 1. The Labute approximate surface area is 265 Å². The number of aryl methyl sites for hydroxylation is 1. The first kappa shape index (κ1) is 31.6. The van der Waals surface area contributed by atoms with Crippen molar-refractivity contribution in [3.8, 4) is 17.1 Å². The first-order valence-corrected chi connectivity index (χ1v) is 15.4. The number of likely N-dealkylation sites (tertiary alicyclic amines) is 1. The molecule has 5 rings (SSSR count). The average molecular weight is 610 g/mol. The van der Waals surface area contributed by atoms with Crippen LogP contribution in [0.15, 0.2) is 72.8 Å². The normalized spacial score (nSPS) is 15.4. The van der Waals surface area contributed by atoms with Crippen LogP contribution in [0, 0.1) is 13.8 Å². The Morgan fingerprint density at radius 1 is 1.11 bits per heavy atom. The Morgan fingerprint density at radius 2 is 1.89 bits per heavy atom. The number of carbonyl (C=O) groups is 2. The van der Waals surface area contributed by atoms with Gasteiger partial charge in [0, 0.05) is 54.0 Å². The van der Waals surface area contributed by atoms with Crippen LogP contribution < -0.4 is 10.1 Å². The number of para-hydroxylation sites is 1. The van der Waals surface area contributed by atoms with E-state index in [0.717, 1.165) is 58.0 Å². The summed E-state index contributed by atoms with van der Waals surface area (Å²) in [6.07, 6.45) is 4.71. The van der Waals surface area contributed by atoms with Crippen LogP contribution in [0.5, 0.6) is 5.75 Å². The predicted molar refractivity (Wildman–Crippen MR) is 178 cm³/mol. The van der Waals surface area contributed by atoms with Crippen LogP contribution in [0.4, 0.5) is 4.79 Å². The lowest BCUT2D eigenvalue weighted by Gasteiger charge is -2.33. The van der Waals surface area contributed by atoms with Gasteiger partial charge in [0.25, 0.3) is 5.91 Å². The van der Waals surface area contributed by atoms with Crippen LogP contribution in [0.1, 0.15) is 50.7 Å². The van der Waals surface area contributed by atoms with Crippen molar-refractivity contribution in [1.29, 1.82) is 0 Å². The van der Waals surface area contributed by atoms with Gasteiger partial charge in [-0.25, -0.2) is 9.78 Å². The van der Waals surface area contributed by atoms with Crippen molar-refractivity contribution in [3.63, 3.8) is 0 Å². The van der Waals surface area contributed by atoms with Gasteiger partial charge in [-0.2, -0.15) is 0 Å². The van der Waals surface area contributed by atoms with E-state index in [0.29, 0.717) is 25.2 Å². The molecule has 0 aliphatic carbocycles. The molecule has 0 spiro atoms. The predicted octanol–water partition coefficient (Wildman–Crippen LogP) is 6.72. The standard InChI is InChI=1S/C36H43N5O4/c1-24(34(42)39-18-11-14-29(23-39)38-35(43)45-36(4,5)6)17-19-40-25(2)33(37-26(40)3)32-21-28-13-8-9-16-31(28)41(32)22-27-12-10-15-30(20-27)44-7/h8-10,12-13,15-17,19-21,29H,1,11,14,18,22-23H2,2-7H3,(H,38,43)/b19-17-/t29-/m1/s1. The number of amides is 2. The topological polar surface area (TPSA) is 90.6 Å². The fourth-order valence-corrected chi connectivity index (χ4v) is 5.84. The second-order valence-electron chi connectivity index (χ2n) is 12.6. The third-order valence-corrected chi connectivity index (χ3v) is 7.98. The number of hydrogen-bond acceptors (Lipinski definition) is 5. The van der Waals surface area contributed by atoms with E-state index in [1.54, 1.807) is 18.1 Å². The van der Waals surface area contributed by atoms with E-state index in [2.05, 4.69) is 52.9 Å². The summed E-state index contributed by atoms with van der Waals surface area (Å²) >= 11 is 0. The molecule has 1 atom stereocenters. The number of carbonyl (C=O) groups excluding carboxylic acids is 2. The second-order valence-corrected chi connectivity index (χ2v) is 12.6. The number of methoxy groups -OCH3 is 1. The van der Waals surface area contributed by atoms with Crippen molar-refractivity contribution in [2.24, 2.45) is 0 Å². The number of rotatable bonds is 8. The summed E-state index contributed by atoms with van der Waals surface area (Å²) in [6, 6.07) is 18.5. The van der Waals surface area contributed by atoms with Crippen LogP contribution in [0.25, 0.3) is 28.5 Å². The maximum atomic E-state index is 13.3. The molecule has 1 fully saturated rings. The summed E-state index contributed by atoms with van der Waals surface area (Å²) in [5.74, 6) is 1.47. The van der Waals surface area contributed by atoms with Gasteiger partial charge in [-0.3, -0.25) is 4.79 Å². The lowest BCUT2D eigenvalue weighted by molar-refractivity contribution is -0.128. The third-order valence-electron chi connectivity index (χ3n) is 7.98. The van der Waals surface area contributed by atoms with Crippen LogP contribution in [-0.4, -0.2) is 62.9 Å². The smallest absolute Gasteiger partial charge is 0.407 e. The zero-order valence-corrected chi connectivity index (χ0v) is 27.1. The molecule has 2 amide bonds. The van der Waals surface area contributed by atoms with Gasteiger partial charge in [0.1, 0.15) is 22.9 Å². The van der Waals surface area contributed by atoms with Crippen molar-refractivity contribution in [2.45, 2.75) is 65.6 Å². The monoisotopic (exact) mass is 609 g/mol. The maximum absolute atomic E-state index is 13.3. The minimum Gasteiger partial charge on any atom is -0.497 e. The van der Waals surface area contributed by atoms with E-state index in [9.17, 15) is 9.59 Å². The van der Waals surface area contributed by atoms with Crippen LogP contribution in [-0.2, 0) is 16.1 Å². The van der Waals surface area contributed by atoms with E-state index < -0.39 is 11.7 Å². The molecule has 3 heterocycles. The van der Waals surface area contributed by atoms with Crippen molar-refractivity contribution in [3.05, 3.63) is 89.9 Å². The number of aromatic nitrogens is 3. The molecule has 1 aliphatic heterocycles. The van der Waals surface area contributed by atoms with Gasteiger partial charge in [-0.15, -0.1) is 0 Å². The molecule has 4 aromatic rings. The highest BCUT2D eigenvalue weighted by molar-refractivity contribution is 5.96. The molecular formula is C36H43N5O4. The fourth-order valence-electron chi connectivity index (χ4n) is 5.84. The Bertz CT molecular complexity index is 1760. The van der Waals surface area contributed by atoms with E-state index in [4.69, 9.17) is 14.5 Å². The minimum absolute atomic E-state index is 0.156. The van der Waals surface area contributed by atoms with E-state index >= 15 is 0 Å². The van der Waals surface area contributed by atoms with Gasteiger partial charge < -0.3 is 28.8 Å². The number of fused-ring (bicyclic) bond motifs is 1. The molecule has 9 heteroatoms. The fraction of sp³-hybridized carbons (Fsp3) is 0.361. The lowest BCUT2D eigenvalue weighted by atomic mass is 10.0. The van der Waals surface area contributed by atoms with Crippen LogP contribution in [0.2, 0.25) is 0 Å². The first-order chi connectivity index (χ1) is 21.4. The summed E-state index contributed by atoms with van der Waals surface area (Å²) in [5.41, 5.74) is 4.88. The molecule has 2 aromatic carbocycles. The summed E-state index contributed by atoms with van der Waals surface area (Å²) < 4.78 is 15.1.